The van der Waals surface area contributed by atoms with E-state index in [0.717, 1.165) is 24.3 Å². The quantitative estimate of drug-likeness (QED) is 0.534. The van der Waals surface area contributed by atoms with E-state index in [1.54, 1.807) is 12.1 Å². The average molecular weight is 343 g/mol. The molecule has 3 nitrogen and oxygen atoms in total. The molecule has 0 atom stereocenters. The van der Waals surface area contributed by atoms with Crippen LogP contribution in [0.25, 0.3) is 11.1 Å². The molecule has 1 aliphatic carbocycles. The number of carbonyl (C=O) groups excluding carboxylic acids is 1. The fourth-order valence-corrected chi connectivity index (χ4v) is 3.35. The third-order valence-electron chi connectivity index (χ3n) is 4.64. The van der Waals surface area contributed by atoms with Crippen LogP contribution in [0.2, 0.25) is 0 Å². The largest absolute Gasteiger partial charge is 0.494 e. The van der Waals surface area contributed by atoms with Gasteiger partial charge in [0.1, 0.15) is 5.75 Å². The summed E-state index contributed by atoms with van der Waals surface area (Å²) in [6, 6.07) is 21.9. The summed E-state index contributed by atoms with van der Waals surface area (Å²) in [6.45, 7) is 2.75. The molecular formula is C23H21NO2. The fourth-order valence-electron chi connectivity index (χ4n) is 3.35. The maximum Gasteiger partial charge on any atom is 0.255 e. The molecule has 3 heteroatoms. The second-order valence-electron chi connectivity index (χ2n) is 6.53. The first-order chi connectivity index (χ1) is 12.7. The van der Waals surface area contributed by atoms with Crippen molar-refractivity contribution in [1.82, 2.24) is 0 Å². The second kappa shape index (κ2) is 7.04. The van der Waals surface area contributed by atoms with Gasteiger partial charge in [0.05, 0.1) is 6.61 Å². The molecule has 0 bridgehead atoms. The molecule has 0 fully saturated rings. The van der Waals surface area contributed by atoms with Crippen molar-refractivity contribution < 1.29 is 9.53 Å². The van der Waals surface area contributed by atoms with Gasteiger partial charge in [-0.2, -0.15) is 0 Å². The van der Waals surface area contributed by atoms with Crippen molar-refractivity contribution in [2.24, 2.45) is 0 Å². The van der Waals surface area contributed by atoms with Crippen LogP contribution in [-0.4, -0.2) is 12.5 Å². The molecule has 0 spiro atoms. The van der Waals surface area contributed by atoms with Crippen molar-refractivity contribution in [2.75, 3.05) is 11.9 Å². The Morgan fingerprint density at radius 1 is 0.962 bits per heavy atom. The minimum atomic E-state index is -0.109. The third-order valence-corrected chi connectivity index (χ3v) is 4.64. The molecular weight excluding hydrogens is 322 g/mol. The third kappa shape index (κ3) is 3.21. The zero-order valence-corrected chi connectivity index (χ0v) is 14.8. The highest BCUT2D eigenvalue weighted by molar-refractivity contribution is 6.04. The van der Waals surface area contributed by atoms with E-state index in [4.69, 9.17) is 4.74 Å². The lowest BCUT2D eigenvalue weighted by Crippen LogP contribution is -2.12. The van der Waals surface area contributed by atoms with Crippen molar-refractivity contribution >= 4 is 11.6 Å². The molecule has 130 valence electrons. The van der Waals surface area contributed by atoms with Gasteiger partial charge in [0.15, 0.2) is 0 Å². The molecule has 3 aromatic carbocycles. The number of hydrogen-bond acceptors (Lipinski definition) is 2. The van der Waals surface area contributed by atoms with Gasteiger partial charge in [-0.25, -0.2) is 0 Å². The number of ether oxygens (including phenoxy) is 1. The van der Waals surface area contributed by atoms with Crippen LogP contribution in [0, 0.1) is 0 Å². The lowest BCUT2D eigenvalue weighted by atomic mass is 10.1. The first-order valence-electron chi connectivity index (χ1n) is 9.00. The Morgan fingerprint density at radius 3 is 2.54 bits per heavy atom. The maximum absolute atomic E-state index is 12.5. The molecule has 0 heterocycles. The first kappa shape index (κ1) is 16.4. The van der Waals surface area contributed by atoms with Crippen molar-refractivity contribution in [3.05, 3.63) is 83.4 Å². The summed E-state index contributed by atoms with van der Waals surface area (Å²) in [5.41, 5.74) is 6.60. The molecule has 4 rings (SSSR count). The van der Waals surface area contributed by atoms with Crippen LogP contribution in [-0.2, 0) is 6.42 Å². The average Bonchev–Trinajstić information content (AvgIpc) is 3.04. The number of rotatable bonds is 5. The minimum absolute atomic E-state index is 0.109. The smallest absolute Gasteiger partial charge is 0.255 e. The van der Waals surface area contributed by atoms with Gasteiger partial charge in [0, 0.05) is 11.3 Å². The van der Waals surface area contributed by atoms with E-state index in [-0.39, 0.29) is 5.91 Å². The van der Waals surface area contributed by atoms with Crippen molar-refractivity contribution in [2.45, 2.75) is 19.8 Å². The monoisotopic (exact) mass is 343 g/mol. The van der Waals surface area contributed by atoms with Gasteiger partial charge < -0.3 is 10.1 Å². The van der Waals surface area contributed by atoms with Crippen molar-refractivity contribution in [3.63, 3.8) is 0 Å². The predicted molar refractivity (Wildman–Crippen MR) is 105 cm³/mol. The van der Waals surface area contributed by atoms with E-state index < -0.39 is 0 Å². The van der Waals surface area contributed by atoms with Gasteiger partial charge in [0.25, 0.3) is 5.91 Å². The zero-order chi connectivity index (χ0) is 17.9. The summed E-state index contributed by atoms with van der Waals surface area (Å²) in [6.07, 6.45) is 1.88. The van der Waals surface area contributed by atoms with Gasteiger partial charge in [-0.05, 0) is 71.5 Å². The predicted octanol–water partition coefficient (Wildman–Crippen LogP) is 5.30. The van der Waals surface area contributed by atoms with Crippen molar-refractivity contribution in [1.29, 1.82) is 0 Å². The molecule has 0 aliphatic heterocycles. The van der Waals surface area contributed by atoms with E-state index >= 15 is 0 Å². The van der Waals surface area contributed by atoms with Gasteiger partial charge in [0.2, 0.25) is 0 Å². The standard InChI is InChI=1S/C23H21NO2/c1-2-13-26-20-10-7-16(8-11-20)23(25)24-19-9-12-22-18(15-19)14-17-5-3-4-6-21(17)22/h3-12,15H,2,13-14H2,1H3,(H,24,25). The topological polar surface area (TPSA) is 38.3 Å². The summed E-state index contributed by atoms with van der Waals surface area (Å²) >= 11 is 0. The molecule has 0 saturated carbocycles. The second-order valence-corrected chi connectivity index (χ2v) is 6.53. The molecule has 0 aromatic heterocycles. The number of hydrogen-bond donors (Lipinski definition) is 1. The molecule has 26 heavy (non-hydrogen) atoms. The van der Waals surface area contributed by atoms with Crippen LogP contribution >= 0.6 is 0 Å². The maximum atomic E-state index is 12.5. The lowest BCUT2D eigenvalue weighted by molar-refractivity contribution is 0.102. The fraction of sp³-hybridized carbons (Fsp3) is 0.174. The summed E-state index contributed by atoms with van der Waals surface area (Å²) < 4.78 is 5.56. The van der Waals surface area contributed by atoms with Crippen LogP contribution in [0.4, 0.5) is 5.69 Å². The van der Waals surface area contributed by atoms with E-state index in [2.05, 4.69) is 48.6 Å². The highest BCUT2D eigenvalue weighted by Gasteiger charge is 2.18. The Hall–Kier alpha value is -3.07. The Morgan fingerprint density at radius 2 is 1.73 bits per heavy atom. The molecule has 3 aromatic rings. The van der Waals surface area contributed by atoms with Crippen LogP contribution in [0.1, 0.15) is 34.8 Å². The van der Waals surface area contributed by atoms with Crippen LogP contribution in [0.15, 0.2) is 66.7 Å². The minimum Gasteiger partial charge on any atom is -0.494 e. The van der Waals surface area contributed by atoms with Gasteiger partial charge in [-0.3, -0.25) is 4.79 Å². The highest BCUT2D eigenvalue weighted by Crippen LogP contribution is 2.37. The Kier molecular flexibility index (Phi) is 4.44. The van der Waals surface area contributed by atoms with E-state index in [0.29, 0.717) is 12.2 Å². The normalized spacial score (nSPS) is 11.6. The number of anilines is 1. The SMILES string of the molecule is CCCOc1ccc(C(=O)Nc2ccc3c(c2)Cc2ccccc2-3)cc1. The lowest BCUT2D eigenvalue weighted by Gasteiger charge is -2.09. The van der Waals surface area contributed by atoms with E-state index in [1.165, 1.54) is 22.3 Å². The van der Waals surface area contributed by atoms with Gasteiger partial charge in [-0.1, -0.05) is 37.3 Å². The Balaban J connectivity index is 1.48. The van der Waals surface area contributed by atoms with E-state index in [9.17, 15) is 4.79 Å². The van der Waals surface area contributed by atoms with Crippen LogP contribution in [0.3, 0.4) is 0 Å². The number of amides is 1. The van der Waals surface area contributed by atoms with Crippen LogP contribution in [0.5, 0.6) is 5.75 Å². The molecule has 1 N–H and O–H groups in total. The molecule has 0 radical (unpaired) electrons. The number of carbonyl (C=O) groups is 1. The number of nitrogens with one attached hydrogen (secondary N) is 1. The molecule has 1 amide bonds. The molecule has 1 aliphatic rings. The van der Waals surface area contributed by atoms with Crippen LogP contribution < -0.4 is 10.1 Å². The van der Waals surface area contributed by atoms with Gasteiger partial charge in [-0.15, -0.1) is 0 Å². The Bertz CT molecular complexity index is 945. The highest BCUT2D eigenvalue weighted by atomic mass is 16.5. The van der Waals surface area contributed by atoms with Crippen molar-refractivity contribution in [3.8, 4) is 16.9 Å². The number of benzene rings is 3. The van der Waals surface area contributed by atoms with E-state index in [1.807, 2.05) is 18.2 Å². The first-order valence-corrected chi connectivity index (χ1v) is 9.00. The summed E-state index contributed by atoms with van der Waals surface area (Å²) in [5, 5.41) is 3.00. The summed E-state index contributed by atoms with van der Waals surface area (Å²) in [5.74, 6) is 0.682. The summed E-state index contributed by atoms with van der Waals surface area (Å²) in [4.78, 5) is 12.5. The Labute approximate surface area is 153 Å². The molecule has 0 saturated heterocycles. The zero-order valence-electron chi connectivity index (χ0n) is 14.8. The summed E-state index contributed by atoms with van der Waals surface area (Å²) in [7, 11) is 0. The molecule has 0 unspecified atom stereocenters. The number of fused-ring (bicyclic) bond motifs is 3. The van der Waals surface area contributed by atoms with Gasteiger partial charge >= 0.3 is 0 Å².